The average molecular weight is 341 g/mol. The number of benzene rings is 1. The molecule has 1 aromatic carbocycles. The van der Waals surface area contributed by atoms with Crippen molar-refractivity contribution in [2.45, 2.75) is 24.9 Å². The first kappa shape index (κ1) is 15.7. The monoisotopic (exact) mass is 341 g/mol. The van der Waals surface area contributed by atoms with Crippen LogP contribution in [0.2, 0.25) is 0 Å². The van der Waals surface area contributed by atoms with Crippen molar-refractivity contribution in [2.75, 3.05) is 6.61 Å². The molecule has 2 heterocycles. The van der Waals surface area contributed by atoms with E-state index in [1.165, 1.54) is 0 Å². The minimum absolute atomic E-state index is 0.0339. The topological polar surface area (TPSA) is 103 Å². The fourth-order valence-electron chi connectivity index (χ4n) is 3.07. The van der Waals surface area contributed by atoms with Gasteiger partial charge in [-0.3, -0.25) is 9.80 Å². The van der Waals surface area contributed by atoms with Crippen molar-refractivity contribution in [2.24, 2.45) is 0 Å². The molecular formula is C17H19N5O3. The standard InChI is InChI=1S/C17H19N5O3/c23-10-14-9-18-21-22(14)13-6-12(7-13)19-17(24)16-8-15(20-25-16)11-4-2-1-3-5-11/h1-5,8-9,12-13,18,21,23H,6-7,10H2,(H,19,24)/t12-,13+. The first-order chi connectivity index (χ1) is 12.2. The van der Waals surface area contributed by atoms with E-state index in [2.05, 4.69) is 21.4 Å². The van der Waals surface area contributed by atoms with E-state index in [1.807, 2.05) is 35.3 Å². The third kappa shape index (κ3) is 3.09. The molecule has 0 unspecified atom stereocenters. The van der Waals surface area contributed by atoms with Gasteiger partial charge in [-0.15, -0.1) is 5.53 Å². The molecule has 8 heteroatoms. The number of carbonyl (C=O) groups is 1. The Morgan fingerprint density at radius 1 is 1.36 bits per heavy atom. The van der Waals surface area contributed by atoms with Gasteiger partial charge < -0.3 is 20.4 Å². The molecule has 0 saturated heterocycles. The van der Waals surface area contributed by atoms with Crippen molar-refractivity contribution in [1.29, 1.82) is 0 Å². The van der Waals surface area contributed by atoms with E-state index >= 15 is 0 Å². The maximum Gasteiger partial charge on any atom is 0.290 e. The molecule has 1 fully saturated rings. The summed E-state index contributed by atoms with van der Waals surface area (Å²) in [7, 11) is 0. The van der Waals surface area contributed by atoms with E-state index in [0.717, 1.165) is 24.1 Å². The third-order valence-corrected chi connectivity index (χ3v) is 4.51. The van der Waals surface area contributed by atoms with Gasteiger partial charge in [-0.25, -0.2) is 0 Å². The maximum absolute atomic E-state index is 12.3. The number of aliphatic hydroxyl groups is 1. The fraction of sp³-hybridized carbons (Fsp3) is 0.294. The van der Waals surface area contributed by atoms with Gasteiger partial charge in [0.15, 0.2) is 0 Å². The molecule has 0 bridgehead atoms. The van der Waals surface area contributed by atoms with E-state index in [9.17, 15) is 9.90 Å². The van der Waals surface area contributed by atoms with Crippen molar-refractivity contribution in [3.05, 3.63) is 54.1 Å². The number of hydrazine groups is 2. The van der Waals surface area contributed by atoms with E-state index in [0.29, 0.717) is 5.69 Å². The number of hydrogen-bond acceptors (Lipinski definition) is 7. The van der Waals surface area contributed by atoms with Crippen LogP contribution in [0.3, 0.4) is 0 Å². The van der Waals surface area contributed by atoms with Crippen LogP contribution in [0.1, 0.15) is 23.4 Å². The van der Waals surface area contributed by atoms with Gasteiger partial charge in [0.2, 0.25) is 5.76 Å². The normalized spacial score (nSPS) is 22.1. The zero-order valence-corrected chi connectivity index (χ0v) is 13.5. The SMILES string of the molecule is O=C(N[C@H]1C[C@@H](N2NNC=C2CO)C1)c1cc(-c2ccccc2)no1. The average Bonchev–Trinajstić information content (AvgIpc) is 3.27. The summed E-state index contributed by atoms with van der Waals surface area (Å²) in [6.45, 7) is -0.0339. The minimum Gasteiger partial charge on any atom is -0.390 e. The molecule has 1 amide bonds. The predicted molar refractivity (Wildman–Crippen MR) is 89.5 cm³/mol. The van der Waals surface area contributed by atoms with Gasteiger partial charge in [0.1, 0.15) is 5.69 Å². The Hall–Kier alpha value is -2.84. The molecule has 1 saturated carbocycles. The number of hydrogen-bond donors (Lipinski definition) is 4. The number of carbonyl (C=O) groups excluding carboxylic acids is 1. The molecule has 8 nitrogen and oxygen atoms in total. The van der Waals surface area contributed by atoms with Gasteiger partial charge in [0.25, 0.3) is 5.91 Å². The van der Waals surface area contributed by atoms with E-state index in [-0.39, 0.29) is 30.4 Å². The highest BCUT2D eigenvalue weighted by Gasteiger charge is 2.37. The van der Waals surface area contributed by atoms with Crippen molar-refractivity contribution in [1.82, 2.24) is 26.4 Å². The first-order valence-electron chi connectivity index (χ1n) is 8.18. The first-order valence-corrected chi connectivity index (χ1v) is 8.18. The van der Waals surface area contributed by atoms with Crippen LogP contribution in [-0.4, -0.2) is 39.9 Å². The second-order valence-corrected chi connectivity index (χ2v) is 6.16. The summed E-state index contributed by atoms with van der Waals surface area (Å²) in [5, 5.41) is 18.1. The highest BCUT2D eigenvalue weighted by molar-refractivity contribution is 5.92. The molecule has 2 aliphatic rings. The van der Waals surface area contributed by atoms with Crippen LogP contribution in [0, 0.1) is 0 Å². The van der Waals surface area contributed by atoms with Crippen LogP contribution in [0.5, 0.6) is 0 Å². The van der Waals surface area contributed by atoms with Crippen molar-refractivity contribution >= 4 is 5.91 Å². The van der Waals surface area contributed by atoms with Crippen LogP contribution >= 0.6 is 0 Å². The molecule has 4 N–H and O–H groups in total. The van der Waals surface area contributed by atoms with E-state index in [1.54, 1.807) is 12.3 Å². The lowest BCUT2D eigenvalue weighted by Crippen LogP contribution is -2.57. The third-order valence-electron chi connectivity index (χ3n) is 4.51. The van der Waals surface area contributed by atoms with Gasteiger partial charge >= 0.3 is 0 Å². The molecule has 0 atom stereocenters. The minimum atomic E-state index is -0.261. The maximum atomic E-state index is 12.3. The van der Waals surface area contributed by atoms with Gasteiger partial charge in [-0.1, -0.05) is 35.5 Å². The summed E-state index contributed by atoms with van der Waals surface area (Å²) in [6, 6.07) is 11.5. The lowest BCUT2D eigenvalue weighted by atomic mass is 9.86. The lowest BCUT2D eigenvalue weighted by Gasteiger charge is -2.42. The summed E-state index contributed by atoms with van der Waals surface area (Å²) in [5.74, 6) is -0.0530. The summed E-state index contributed by atoms with van der Waals surface area (Å²) < 4.78 is 5.17. The fourth-order valence-corrected chi connectivity index (χ4v) is 3.07. The van der Waals surface area contributed by atoms with Crippen molar-refractivity contribution in [3.63, 3.8) is 0 Å². The Morgan fingerprint density at radius 2 is 2.16 bits per heavy atom. The zero-order valence-electron chi connectivity index (χ0n) is 13.5. The number of nitrogens with zero attached hydrogens (tertiary/aromatic N) is 2. The number of aliphatic hydroxyl groups excluding tert-OH is 1. The summed E-state index contributed by atoms with van der Waals surface area (Å²) in [4.78, 5) is 12.3. The lowest BCUT2D eigenvalue weighted by molar-refractivity contribution is 0.0633. The molecule has 0 radical (unpaired) electrons. The Kier molecular flexibility index (Phi) is 4.12. The predicted octanol–water partition coefficient (Wildman–Crippen LogP) is 0.761. The second-order valence-electron chi connectivity index (χ2n) is 6.16. The molecule has 1 aromatic heterocycles. The summed E-state index contributed by atoms with van der Waals surface area (Å²) in [5.41, 5.74) is 8.18. The van der Waals surface area contributed by atoms with Gasteiger partial charge in [-0.2, -0.15) is 0 Å². The number of nitrogens with one attached hydrogen (secondary N) is 3. The molecule has 1 aliphatic carbocycles. The molecule has 1 aliphatic heterocycles. The molecule has 2 aromatic rings. The van der Waals surface area contributed by atoms with Crippen molar-refractivity contribution < 1.29 is 14.4 Å². The van der Waals surface area contributed by atoms with Gasteiger partial charge in [0, 0.05) is 23.9 Å². The Bertz CT molecular complexity index is 783. The zero-order chi connectivity index (χ0) is 17.2. The molecule has 4 rings (SSSR count). The van der Waals surface area contributed by atoms with E-state index < -0.39 is 0 Å². The largest absolute Gasteiger partial charge is 0.390 e. The number of amides is 1. The molecule has 0 spiro atoms. The number of aromatic nitrogens is 1. The number of rotatable bonds is 5. The molecule has 25 heavy (non-hydrogen) atoms. The van der Waals surface area contributed by atoms with E-state index in [4.69, 9.17) is 4.52 Å². The summed E-state index contributed by atoms with van der Waals surface area (Å²) >= 11 is 0. The molecular weight excluding hydrogens is 322 g/mol. The molecule has 130 valence electrons. The van der Waals surface area contributed by atoms with Gasteiger partial charge in [0.05, 0.1) is 18.3 Å². The Balaban J connectivity index is 1.32. The van der Waals surface area contributed by atoms with Crippen molar-refractivity contribution in [3.8, 4) is 11.3 Å². The van der Waals surface area contributed by atoms with Crippen LogP contribution < -0.4 is 16.3 Å². The smallest absolute Gasteiger partial charge is 0.290 e. The van der Waals surface area contributed by atoms with Crippen LogP contribution in [0.25, 0.3) is 11.3 Å². The Labute approximate surface area is 144 Å². The highest BCUT2D eigenvalue weighted by Crippen LogP contribution is 2.28. The quantitative estimate of drug-likeness (QED) is 0.637. The highest BCUT2D eigenvalue weighted by atomic mass is 16.5. The van der Waals surface area contributed by atoms with Crippen LogP contribution in [0.15, 0.2) is 52.8 Å². The summed E-state index contributed by atoms with van der Waals surface area (Å²) in [6.07, 6.45) is 3.31. The van der Waals surface area contributed by atoms with Crippen LogP contribution in [0.4, 0.5) is 0 Å². The Morgan fingerprint density at radius 3 is 2.92 bits per heavy atom. The van der Waals surface area contributed by atoms with Gasteiger partial charge in [-0.05, 0) is 12.8 Å². The second kappa shape index (κ2) is 6.58. The van der Waals surface area contributed by atoms with Crippen LogP contribution in [-0.2, 0) is 0 Å².